The van der Waals surface area contributed by atoms with Crippen molar-refractivity contribution in [2.24, 2.45) is 0 Å². The summed E-state index contributed by atoms with van der Waals surface area (Å²) in [5.74, 6) is -1.34. The van der Waals surface area contributed by atoms with Gasteiger partial charge >= 0.3 is 5.97 Å². The first kappa shape index (κ1) is 13.4. The van der Waals surface area contributed by atoms with E-state index in [0.717, 1.165) is 19.8 Å². The number of halogens is 1. The fourth-order valence-electron chi connectivity index (χ4n) is 1.34. The lowest BCUT2D eigenvalue weighted by atomic mass is 9.99. The van der Waals surface area contributed by atoms with E-state index >= 15 is 0 Å². The Morgan fingerprint density at radius 1 is 1.21 bits per heavy atom. The first-order chi connectivity index (χ1) is 6.50. The highest BCUT2D eigenvalue weighted by atomic mass is 19.1. The largest absolute Gasteiger partial charge is 0.479 e. The molecule has 0 fully saturated rings. The van der Waals surface area contributed by atoms with Gasteiger partial charge in [-0.15, -0.1) is 0 Å². The highest BCUT2D eigenvalue weighted by Crippen LogP contribution is 2.20. The van der Waals surface area contributed by atoms with Gasteiger partial charge in [-0.2, -0.15) is 0 Å². The van der Waals surface area contributed by atoms with Gasteiger partial charge in [0.05, 0.1) is 0 Å². The maximum absolute atomic E-state index is 13.2. The molecule has 0 aliphatic rings. The lowest BCUT2D eigenvalue weighted by molar-refractivity contribution is -0.150. The number of hydrogen-bond acceptors (Lipinski definition) is 1. The summed E-state index contributed by atoms with van der Waals surface area (Å²) in [7, 11) is 0. The number of alkyl halides is 1. The number of aliphatic carboxylic acids is 1. The molecule has 0 heterocycles. The van der Waals surface area contributed by atoms with Crippen LogP contribution < -0.4 is 0 Å². The molecule has 0 aromatic carbocycles. The SMILES string of the molecule is CCCCCCCCC(C)(F)C(=O)O. The van der Waals surface area contributed by atoms with Crippen molar-refractivity contribution in [3.05, 3.63) is 0 Å². The number of hydrogen-bond donors (Lipinski definition) is 1. The Bertz CT molecular complexity index is 167. The van der Waals surface area contributed by atoms with Crippen LogP contribution in [-0.4, -0.2) is 16.7 Å². The van der Waals surface area contributed by atoms with E-state index in [1.807, 2.05) is 0 Å². The number of carbonyl (C=O) groups is 1. The third kappa shape index (κ3) is 5.95. The minimum Gasteiger partial charge on any atom is -0.479 e. The van der Waals surface area contributed by atoms with Crippen LogP contribution in [0.5, 0.6) is 0 Å². The molecule has 1 N–H and O–H groups in total. The Labute approximate surface area is 85.5 Å². The molecule has 1 atom stereocenters. The van der Waals surface area contributed by atoms with E-state index < -0.39 is 11.6 Å². The van der Waals surface area contributed by atoms with Crippen LogP contribution in [0.25, 0.3) is 0 Å². The van der Waals surface area contributed by atoms with Crippen molar-refractivity contribution in [1.82, 2.24) is 0 Å². The van der Waals surface area contributed by atoms with Gasteiger partial charge in [0.2, 0.25) is 5.67 Å². The molecule has 0 rings (SSSR count). The van der Waals surface area contributed by atoms with Crippen LogP contribution in [-0.2, 0) is 4.79 Å². The van der Waals surface area contributed by atoms with Crippen LogP contribution in [0.4, 0.5) is 4.39 Å². The quantitative estimate of drug-likeness (QED) is 0.614. The smallest absolute Gasteiger partial charge is 0.341 e. The Kier molecular flexibility index (Phi) is 6.50. The van der Waals surface area contributed by atoms with Gasteiger partial charge in [-0.05, 0) is 19.8 Å². The Morgan fingerprint density at radius 3 is 2.21 bits per heavy atom. The summed E-state index contributed by atoms with van der Waals surface area (Å²) in [6, 6.07) is 0. The van der Waals surface area contributed by atoms with Gasteiger partial charge in [-0.3, -0.25) is 0 Å². The second-order valence-electron chi connectivity index (χ2n) is 4.02. The summed E-state index contributed by atoms with van der Waals surface area (Å²) in [5, 5.41) is 8.51. The molecule has 84 valence electrons. The summed E-state index contributed by atoms with van der Waals surface area (Å²) < 4.78 is 13.2. The molecule has 14 heavy (non-hydrogen) atoms. The Hall–Kier alpha value is -0.600. The highest BCUT2D eigenvalue weighted by molar-refractivity contribution is 5.76. The van der Waals surface area contributed by atoms with Crippen molar-refractivity contribution < 1.29 is 14.3 Å². The van der Waals surface area contributed by atoms with Crippen molar-refractivity contribution in [2.75, 3.05) is 0 Å². The summed E-state index contributed by atoms with van der Waals surface area (Å²) in [4.78, 5) is 10.4. The van der Waals surface area contributed by atoms with Crippen LogP contribution in [0.3, 0.4) is 0 Å². The normalized spacial score (nSPS) is 15.1. The number of carboxylic acid groups (broad SMARTS) is 1. The first-order valence-corrected chi connectivity index (χ1v) is 5.43. The molecule has 0 spiro atoms. The van der Waals surface area contributed by atoms with Crippen LogP contribution >= 0.6 is 0 Å². The minimum absolute atomic E-state index is 0.133. The standard InChI is InChI=1S/C11H21FO2/c1-3-4-5-6-7-8-9-11(2,12)10(13)14/h3-9H2,1-2H3,(H,13,14). The average molecular weight is 204 g/mol. The van der Waals surface area contributed by atoms with Crippen LogP contribution in [0.1, 0.15) is 58.8 Å². The zero-order valence-electron chi connectivity index (χ0n) is 9.18. The molecular formula is C11H21FO2. The van der Waals surface area contributed by atoms with Gasteiger partial charge in [-0.25, -0.2) is 9.18 Å². The zero-order valence-corrected chi connectivity index (χ0v) is 9.18. The van der Waals surface area contributed by atoms with E-state index in [4.69, 9.17) is 5.11 Å². The van der Waals surface area contributed by atoms with Gasteiger partial charge in [0.25, 0.3) is 0 Å². The van der Waals surface area contributed by atoms with E-state index in [1.165, 1.54) is 19.3 Å². The summed E-state index contributed by atoms with van der Waals surface area (Å²) in [6.45, 7) is 3.28. The molecule has 0 amide bonds. The lowest BCUT2D eigenvalue weighted by Gasteiger charge is -2.14. The van der Waals surface area contributed by atoms with Crippen LogP contribution in [0.2, 0.25) is 0 Å². The van der Waals surface area contributed by atoms with Crippen LogP contribution in [0.15, 0.2) is 0 Å². The van der Waals surface area contributed by atoms with Gasteiger partial charge < -0.3 is 5.11 Å². The Morgan fingerprint density at radius 2 is 1.71 bits per heavy atom. The number of rotatable bonds is 8. The Balaban J connectivity index is 3.40. The lowest BCUT2D eigenvalue weighted by Crippen LogP contribution is -2.29. The molecule has 0 saturated carbocycles. The fourth-order valence-corrected chi connectivity index (χ4v) is 1.34. The van der Waals surface area contributed by atoms with Crippen molar-refractivity contribution in [2.45, 2.75) is 64.5 Å². The van der Waals surface area contributed by atoms with Gasteiger partial charge in [-0.1, -0.05) is 39.0 Å². The molecule has 0 radical (unpaired) electrons. The predicted molar refractivity (Wildman–Crippen MR) is 55.1 cm³/mol. The molecule has 1 unspecified atom stereocenters. The predicted octanol–water partition coefficient (Wildman–Crippen LogP) is 3.55. The molecule has 0 aromatic rings. The number of carboxylic acids is 1. The average Bonchev–Trinajstić information content (AvgIpc) is 2.10. The molecular weight excluding hydrogens is 183 g/mol. The van der Waals surface area contributed by atoms with Crippen molar-refractivity contribution in [3.63, 3.8) is 0 Å². The molecule has 2 nitrogen and oxygen atoms in total. The third-order valence-corrected chi connectivity index (χ3v) is 2.45. The molecule has 0 aliphatic heterocycles. The topological polar surface area (TPSA) is 37.3 Å². The van der Waals surface area contributed by atoms with Crippen molar-refractivity contribution in [1.29, 1.82) is 0 Å². The van der Waals surface area contributed by atoms with Gasteiger partial charge in [0, 0.05) is 0 Å². The second kappa shape index (κ2) is 6.80. The monoisotopic (exact) mass is 204 g/mol. The van der Waals surface area contributed by atoms with E-state index in [0.29, 0.717) is 6.42 Å². The molecule has 0 aromatic heterocycles. The van der Waals surface area contributed by atoms with Crippen molar-refractivity contribution in [3.8, 4) is 0 Å². The minimum atomic E-state index is -2.04. The highest BCUT2D eigenvalue weighted by Gasteiger charge is 2.31. The molecule has 3 heteroatoms. The maximum atomic E-state index is 13.2. The van der Waals surface area contributed by atoms with E-state index in [9.17, 15) is 9.18 Å². The fraction of sp³-hybridized carbons (Fsp3) is 0.909. The van der Waals surface area contributed by atoms with E-state index in [2.05, 4.69) is 6.92 Å². The summed E-state index contributed by atoms with van der Waals surface area (Å²) >= 11 is 0. The number of unbranched alkanes of at least 4 members (excludes halogenated alkanes) is 5. The molecule has 0 bridgehead atoms. The van der Waals surface area contributed by atoms with Gasteiger partial charge in [0.1, 0.15) is 0 Å². The second-order valence-corrected chi connectivity index (χ2v) is 4.02. The first-order valence-electron chi connectivity index (χ1n) is 5.43. The van der Waals surface area contributed by atoms with Gasteiger partial charge in [0.15, 0.2) is 0 Å². The molecule has 0 saturated heterocycles. The van der Waals surface area contributed by atoms with Crippen molar-refractivity contribution >= 4 is 5.97 Å². The summed E-state index contributed by atoms with van der Waals surface area (Å²) in [6.07, 6.45) is 6.40. The zero-order chi connectivity index (χ0) is 11.0. The third-order valence-electron chi connectivity index (χ3n) is 2.45. The van der Waals surface area contributed by atoms with Crippen LogP contribution in [0, 0.1) is 0 Å². The summed E-state index contributed by atoms with van der Waals surface area (Å²) in [5.41, 5.74) is -2.04. The molecule has 0 aliphatic carbocycles. The maximum Gasteiger partial charge on any atom is 0.341 e. The van der Waals surface area contributed by atoms with E-state index in [1.54, 1.807) is 0 Å². The van der Waals surface area contributed by atoms with E-state index in [-0.39, 0.29) is 6.42 Å².